The quantitative estimate of drug-likeness (QED) is 0.839. The van der Waals surface area contributed by atoms with Crippen LogP contribution in [0.3, 0.4) is 0 Å². The highest BCUT2D eigenvalue weighted by Gasteiger charge is 2.27. The molecule has 0 aliphatic carbocycles. The van der Waals surface area contributed by atoms with Gasteiger partial charge in [-0.1, -0.05) is 18.2 Å². The topological polar surface area (TPSA) is 103 Å². The molecule has 2 aromatic rings. The summed E-state index contributed by atoms with van der Waals surface area (Å²) in [5, 5.41) is 14.8. The Hall–Kier alpha value is -2.35. The molecule has 7 nitrogen and oxygen atoms in total. The number of benzene rings is 1. The second-order valence-corrected chi connectivity index (χ2v) is 6.26. The zero-order valence-corrected chi connectivity index (χ0v) is 12.2. The molecule has 0 radical (unpaired) electrons. The normalized spacial score (nSPS) is 11.3. The fourth-order valence-corrected chi connectivity index (χ4v) is 3.35. The molecule has 1 aromatic carbocycles. The van der Waals surface area contributed by atoms with E-state index in [1.165, 1.54) is 12.3 Å². The van der Waals surface area contributed by atoms with Gasteiger partial charge in [0.15, 0.2) is 5.03 Å². The number of aromatic amines is 1. The summed E-state index contributed by atoms with van der Waals surface area (Å²) in [6.07, 6.45) is 1.04. The summed E-state index contributed by atoms with van der Waals surface area (Å²) in [5.74, 6) is -1.06. The van der Waals surface area contributed by atoms with Crippen molar-refractivity contribution in [1.29, 1.82) is 0 Å². The second-order valence-electron chi connectivity index (χ2n) is 4.43. The van der Waals surface area contributed by atoms with E-state index < -0.39 is 16.0 Å². The van der Waals surface area contributed by atoms with Crippen LogP contribution in [0.15, 0.2) is 41.6 Å². The van der Waals surface area contributed by atoms with Crippen LogP contribution in [0.25, 0.3) is 0 Å². The third-order valence-electron chi connectivity index (χ3n) is 2.96. The number of carboxylic acid groups (broad SMARTS) is 1. The highest BCUT2D eigenvalue weighted by Crippen LogP contribution is 2.25. The molecule has 21 heavy (non-hydrogen) atoms. The van der Waals surface area contributed by atoms with Gasteiger partial charge in [-0.05, 0) is 24.6 Å². The van der Waals surface area contributed by atoms with Gasteiger partial charge >= 0.3 is 5.97 Å². The van der Waals surface area contributed by atoms with Crippen LogP contribution >= 0.6 is 0 Å². The van der Waals surface area contributed by atoms with Crippen molar-refractivity contribution < 1.29 is 18.3 Å². The first-order valence-electron chi connectivity index (χ1n) is 6.22. The maximum Gasteiger partial charge on any atom is 0.305 e. The lowest BCUT2D eigenvalue weighted by atomic mass is 10.2. The molecule has 1 aromatic heterocycles. The second kappa shape index (κ2) is 5.96. The molecule has 0 bridgehead atoms. The number of carbonyl (C=O) groups is 1. The van der Waals surface area contributed by atoms with Gasteiger partial charge in [-0.2, -0.15) is 13.5 Å². The molecule has 0 amide bonds. The van der Waals surface area contributed by atoms with Gasteiger partial charge < -0.3 is 5.11 Å². The monoisotopic (exact) mass is 309 g/mol. The van der Waals surface area contributed by atoms with E-state index in [1.807, 2.05) is 0 Å². The number of nitrogens with zero attached hydrogens (tertiary/aromatic N) is 2. The Bertz CT molecular complexity index is 726. The van der Waals surface area contributed by atoms with Gasteiger partial charge in [-0.15, -0.1) is 0 Å². The average Bonchev–Trinajstić information content (AvgIpc) is 2.95. The number of sulfonamides is 1. The summed E-state index contributed by atoms with van der Waals surface area (Å²) in [6.45, 7) is 1.62. The number of hydrogen-bond donors (Lipinski definition) is 2. The fourth-order valence-electron chi connectivity index (χ4n) is 1.92. The van der Waals surface area contributed by atoms with Gasteiger partial charge in [0.25, 0.3) is 10.0 Å². The molecule has 8 heteroatoms. The molecule has 1 heterocycles. The van der Waals surface area contributed by atoms with E-state index in [0.29, 0.717) is 5.69 Å². The van der Waals surface area contributed by atoms with Crippen molar-refractivity contribution in [2.45, 2.75) is 18.4 Å². The van der Waals surface area contributed by atoms with Gasteiger partial charge in [-0.25, -0.2) is 0 Å². The molecule has 0 aliphatic rings. The van der Waals surface area contributed by atoms with E-state index in [9.17, 15) is 13.2 Å². The van der Waals surface area contributed by atoms with Crippen LogP contribution in [0, 0.1) is 6.92 Å². The Labute approximate surface area is 122 Å². The molecular weight excluding hydrogens is 294 g/mol. The minimum absolute atomic E-state index is 0.0730. The van der Waals surface area contributed by atoms with Crippen molar-refractivity contribution in [1.82, 2.24) is 10.2 Å². The summed E-state index contributed by atoms with van der Waals surface area (Å²) in [5.41, 5.74) is 1.19. The summed E-state index contributed by atoms with van der Waals surface area (Å²) >= 11 is 0. The number of carboxylic acids is 1. The first-order valence-corrected chi connectivity index (χ1v) is 7.66. The molecule has 0 atom stereocenters. The van der Waals surface area contributed by atoms with Crippen LogP contribution in [-0.4, -0.2) is 36.2 Å². The van der Waals surface area contributed by atoms with E-state index in [2.05, 4.69) is 10.2 Å². The smallest absolute Gasteiger partial charge is 0.305 e. The molecule has 112 valence electrons. The van der Waals surface area contributed by atoms with Gasteiger partial charge in [0.2, 0.25) is 0 Å². The summed E-state index contributed by atoms with van der Waals surface area (Å²) in [4.78, 5) is 10.8. The summed E-state index contributed by atoms with van der Waals surface area (Å²) in [6, 6.07) is 8.24. The molecule has 0 unspecified atom stereocenters. The standard InChI is InChI=1S/C13H15N3O4S/c1-10-4-2-3-5-11(10)16(9-7-13(17)18)21(19,20)12-6-8-14-15-12/h2-6,8H,7,9H2,1H3,(H,14,15)(H,17,18). The molecular formula is C13H15N3O4S. The van der Waals surface area contributed by atoms with Crippen LogP contribution < -0.4 is 4.31 Å². The number of nitrogens with one attached hydrogen (secondary N) is 1. The Morgan fingerprint density at radius 2 is 2.05 bits per heavy atom. The SMILES string of the molecule is Cc1ccccc1N(CCC(=O)O)S(=O)(=O)c1ccn[nH]1. The van der Waals surface area contributed by atoms with Crippen LogP contribution in [0.1, 0.15) is 12.0 Å². The lowest BCUT2D eigenvalue weighted by Crippen LogP contribution is -2.33. The van der Waals surface area contributed by atoms with E-state index in [4.69, 9.17) is 5.11 Å². The average molecular weight is 309 g/mol. The van der Waals surface area contributed by atoms with Crippen molar-refractivity contribution in [2.24, 2.45) is 0 Å². The summed E-state index contributed by atoms with van der Waals surface area (Å²) in [7, 11) is -3.88. The van der Waals surface area contributed by atoms with Crippen LogP contribution in [0.4, 0.5) is 5.69 Å². The first kappa shape index (κ1) is 15.0. The molecule has 0 aliphatic heterocycles. The molecule has 2 rings (SSSR count). The Kier molecular flexibility index (Phi) is 4.27. The predicted molar refractivity (Wildman–Crippen MR) is 76.6 cm³/mol. The number of rotatable bonds is 6. The van der Waals surface area contributed by atoms with Gasteiger partial charge in [0.05, 0.1) is 18.3 Å². The number of aryl methyl sites for hydroxylation is 1. The van der Waals surface area contributed by atoms with Crippen LogP contribution in [-0.2, 0) is 14.8 Å². The number of aliphatic carboxylic acids is 1. The predicted octanol–water partition coefficient (Wildman–Crippen LogP) is 1.39. The Morgan fingerprint density at radius 3 is 2.62 bits per heavy atom. The third-order valence-corrected chi connectivity index (χ3v) is 4.70. The Balaban J connectivity index is 2.47. The van der Waals surface area contributed by atoms with Crippen molar-refractivity contribution in [2.75, 3.05) is 10.8 Å². The van der Waals surface area contributed by atoms with Gasteiger partial charge in [0, 0.05) is 6.54 Å². The fraction of sp³-hybridized carbons (Fsp3) is 0.231. The van der Waals surface area contributed by atoms with E-state index in [0.717, 1.165) is 9.87 Å². The van der Waals surface area contributed by atoms with Crippen molar-refractivity contribution >= 4 is 21.7 Å². The molecule has 0 fully saturated rings. The minimum Gasteiger partial charge on any atom is -0.481 e. The molecule has 2 N–H and O–H groups in total. The zero-order chi connectivity index (χ0) is 15.5. The number of anilines is 1. The highest BCUT2D eigenvalue weighted by atomic mass is 32.2. The van der Waals surface area contributed by atoms with Crippen LogP contribution in [0.5, 0.6) is 0 Å². The largest absolute Gasteiger partial charge is 0.481 e. The lowest BCUT2D eigenvalue weighted by molar-refractivity contribution is -0.136. The van der Waals surface area contributed by atoms with Gasteiger partial charge in [0.1, 0.15) is 0 Å². The molecule has 0 spiro atoms. The van der Waals surface area contributed by atoms with Crippen molar-refractivity contribution in [3.8, 4) is 0 Å². The number of H-pyrrole nitrogens is 1. The summed E-state index contributed by atoms with van der Waals surface area (Å²) < 4.78 is 26.3. The number of aromatic nitrogens is 2. The minimum atomic E-state index is -3.88. The van der Waals surface area contributed by atoms with E-state index >= 15 is 0 Å². The number of hydrogen-bond acceptors (Lipinski definition) is 4. The first-order chi connectivity index (χ1) is 9.93. The highest BCUT2D eigenvalue weighted by molar-refractivity contribution is 7.92. The van der Waals surface area contributed by atoms with E-state index in [-0.39, 0.29) is 18.0 Å². The molecule has 0 saturated heterocycles. The van der Waals surface area contributed by atoms with Crippen LogP contribution in [0.2, 0.25) is 0 Å². The zero-order valence-electron chi connectivity index (χ0n) is 11.4. The third kappa shape index (κ3) is 3.22. The molecule has 0 saturated carbocycles. The maximum atomic E-state index is 12.6. The van der Waals surface area contributed by atoms with Crippen molar-refractivity contribution in [3.63, 3.8) is 0 Å². The van der Waals surface area contributed by atoms with E-state index in [1.54, 1.807) is 31.2 Å². The maximum absolute atomic E-state index is 12.6. The lowest BCUT2D eigenvalue weighted by Gasteiger charge is -2.24. The Morgan fingerprint density at radius 1 is 1.33 bits per heavy atom. The number of para-hydroxylation sites is 1. The van der Waals surface area contributed by atoms with Gasteiger partial charge in [-0.3, -0.25) is 14.2 Å². The van der Waals surface area contributed by atoms with Crippen molar-refractivity contribution in [3.05, 3.63) is 42.1 Å².